The summed E-state index contributed by atoms with van der Waals surface area (Å²) in [6.45, 7) is 1.72. The van der Waals surface area contributed by atoms with Gasteiger partial charge in [0.15, 0.2) is 0 Å². The monoisotopic (exact) mass is 494 g/mol. The Balaban J connectivity index is 1.51. The van der Waals surface area contributed by atoms with Crippen molar-refractivity contribution in [2.24, 2.45) is 0 Å². The van der Waals surface area contributed by atoms with Gasteiger partial charge in [0.2, 0.25) is 5.91 Å². The number of para-hydroxylation sites is 1. The second-order valence-corrected chi connectivity index (χ2v) is 9.96. The van der Waals surface area contributed by atoms with Crippen molar-refractivity contribution in [3.8, 4) is 5.69 Å². The number of amides is 1. The number of rotatable bonds is 8. The summed E-state index contributed by atoms with van der Waals surface area (Å²) in [5, 5.41) is 3.25. The highest BCUT2D eigenvalue weighted by Gasteiger charge is 2.28. The predicted molar refractivity (Wildman–Crippen MR) is 133 cm³/mol. The minimum absolute atomic E-state index is 0.0584. The molecule has 1 heterocycles. The Bertz CT molecular complexity index is 1370. The van der Waals surface area contributed by atoms with Crippen LogP contribution in [0.3, 0.4) is 0 Å². The lowest BCUT2D eigenvalue weighted by molar-refractivity contribution is -0.119. The van der Waals surface area contributed by atoms with E-state index in [0.717, 1.165) is 21.1 Å². The molecule has 0 atom stereocenters. The maximum Gasteiger partial charge on any atom is 0.264 e. The Labute approximate surface area is 203 Å². The van der Waals surface area contributed by atoms with Gasteiger partial charge < -0.3 is 9.88 Å². The Morgan fingerprint density at radius 1 is 1.03 bits per heavy atom. The van der Waals surface area contributed by atoms with Crippen LogP contribution in [-0.4, -0.2) is 30.4 Å². The standard InChI is InChI=1S/C25H23ClN4O3S/c1-19-4-2-3-5-24(19)30(34(32,33)23-12-8-21(26)9-13-23)17-25(31)28-16-20-6-10-22(11-7-20)29-15-14-27-18-29/h2-15,18H,16-17H2,1H3,(H,28,31). The highest BCUT2D eigenvalue weighted by molar-refractivity contribution is 7.92. The van der Waals surface area contributed by atoms with Gasteiger partial charge in [0, 0.05) is 29.6 Å². The number of nitrogens with zero attached hydrogens (tertiary/aromatic N) is 3. The predicted octanol–water partition coefficient (Wildman–Crippen LogP) is 4.35. The highest BCUT2D eigenvalue weighted by Crippen LogP contribution is 2.27. The number of halogens is 1. The number of aromatic nitrogens is 2. The summed E-state index contributed by atoms with van der Waals surface area (Å²) in [4.78, 5) is 16.9. The fourth-order valence-corrected chi connectivity index (χ4v) is 5.07. The molecule has 4 rings (SSSR count). The third-order valence-corrected chi connectivity index (χ3v) is 7.33. The summed E-state index contributed by atoms with van der Waals surface area (Å²) in [5.41, 5.74) is 3.02. The Morgan fingerprint density at radius 2 is 1.74 bits per heavy atom. The smallest absolute Gasteiger partial charge is 0.264 e. The highest BCUT2D eigenvalue weighted by atomic mass is 35.5. The molecule has 0 radical (unpaired) electrons. The molecule has 9 heteroatoms. The van der Waals surface area contributed by atoms with Gasteiger partial charge >= 0.3 is 0 Å². The number of benzene rings is 3. The van der Waals surface area contributed by atoms with Gasteiger partial charge in [-0.05, 0) is 60.5 Å². The van der Waals surface area contributed by atoms with Crippen molar-refractivity contribution >= 4 is 33.2 Å². The molecule has 0 aliphatic carbocycles. The first-order valence-corrected chi connectivity index (χ1v) is 12.3. The molecule has 0 bridgehead atoms. The number of imidazole rings is 1. The van der Waals surface area contributed by atoms with E-state index < -0.39 is 15.9 Å². The van der Waals surface area contributed by atoms with E-state index in [1.165, 1.54) is 24.3 Å². The van der Waals surface area contributed by atoms with Gasteiger partial charge in [0.25, 0.3) is 10.0 Å². The molecule has 4 aromatic rings. The van der Waals surface area contributed by atoms with E-state index in [2.05, 4.69) is 10.3 Å². The van der Waals surface area contributed by atoms with Crippen LogP contribution in [-0.2, 0) is 21.4 Å². The number of nitrogens with one attached hydrogen (secondary N) is 1. The number of sulfonamides is 1. The first-order chi connectivity index (χ1) is 16.3. The molecule has 3 aromatic carbocycles. The van der Waals surface area contributed by atoms with Crippen molar-refractivity contribution in [1.29, 1.82) is 0 Å². The SMILES string of the molecule is Cc1ccccc1N(CC(=O)NCc1ccc(-n2ccnc2)cc1)S(=O)(=O)c1ccc(Cl)cc1. The van der Waals surface area contributed by atoms with E-state index in [0.29, 0.717) is 10.7 Å². The van der Waals surface area contributed by atoms with Crippen LogP contribution in [0.25, 0.3) is 5.69 Å². The zero-order valence-electron chi connectivity index (χ0n) is 18.4. The van der Waals surface area contributed by atoms with Crippen LogP contribution in [0, 0.1) is 6.92 Å². The van der Waals surface area contributed by atoms with Crippen LogP contribution in [0.2, 0.25) is 5.02 Å². The number of anilines is 1. The first kappa shape index (κ1) is 23.5. The minimum Gasteiger partial charge on any atom is -0.350 e. The molecule has 0 unspecified atom stereocenters. The first-order valence-electron chi connectivity index (χ1n) is 10.5. The van der Waals surface area contributed by atoms with Crippen molar-refractivity contribution < 1.29 is 13.2 Å². The topological polar surface area (TPSA) is 84.3 Å². The molecular formula is C25H23ClN4O3S. The zero-order valence-corrected chi connectivity index (χ0v) is 20.0. The molecule has 34 heavy (non-hydrogen) atoms. The molecule has 1 aromatic heterocycles. The molecule has 0 saturated carbocycles. The largest absolute Gasteiger partial charge is 0.350 e. The Kier molecular flexibility index (Phi) is 7.00. The van der Waals surface area contributed by atoms with Crippen LogP contribution in [0.1, 0.15) is 11.1 Å². The second-order valence-electron chi connectivity index (χ2n) is 7.67. The van der Waals surface area contributed by atoms with Crippen LogP contribution in [0.4, 0.5) is 5.69 Å². The summed E-state index contributed by atoms with van der Waals surface area (Å²) >= 11 is 5.93. The molecule has 1 N–H and O–H groups in total. The van der Waals surface area contributed by atoms with Gasteiger partial charge in [-0.2, -0.15) is 0 Å². The quantitative estimate of drug-likeness (QED) is 0.395. The van der Waals surface area contributed by atoms with Gasteiger partial charge in [-0.1, -0.05) is 41.9 Å². The molecular weight excluding hydrogens is 472 g/mol. The minimum atomic E-state index is -4.00. The normalized spacial score (nSPS) is 11.2. The fourth-order valence-electron chi connectivity index (χ4n) is 3.46. The second kappa shape index (κ2) is 10.1. The van der Waals surface area contributed by atoms with E-state index in [4.69, 9.17) is 11.6 Å². The molecule has 0 aliphatic heterocycles. The van der Waals surface area contributed by atoms with Crippen molar-refractivity contribution in [2.45, 2.75) is 18.4 Å². The molecule has 7 nitrogen and oxygen atoms in total. The molecule has 174 valence electrons. The van der Waals surface area contributed by atoms with Crippen molar-refractivity contribution in [3.05, 3.63) is 108 Å². The van der Waals surface area contributed by atoms with Crippen LogP contribution >= 0.6 is 11.6 Å². The van der Waals surface area contributed by atoms with Crippen molar-refractivity contribution in [1.82, 2.24) is 14.9 Å². The zero-order chi connectivity index (χ0) is 24.1. The van der Waals surface area contributed by atoms with E-state index in [-0.39, 0.29) is 18.0 Å². The summed E-state index contributed by atoms with van der Waals surface area (Å²) in [6.07, 6.45) is 5.25. The van der Waals surface area contributed by atoms with E-state index in [1.54, 1.807) is 37.6 Å². The molecule has 0 spiro atoms. The summed E-state index contributed by atoms with van der Waals surface area (Å²) in [7, 11) is -4.00. The van der Waals surface area contributed by atoms with Gasteiger partial charge in [0.05, 0.1) is 16.9 Å². The Morgan fingerprint density at radius 3 is 2.38 bits per heavy atom. The van der Waals surface area contributed by atoms with Gasteiger partial charge in [-0.15, -0.1) is 0 Å². The lowest BCUT2D eigenvalue weighted by Gasteiger charge is -2.25. The van der Waals surface area contributed by atoms with E-state index in [1.807, 2.05) is 41.1 Å². The number of aryl methyl sites for hydroxylation is 1. The third-order valence-electron chi connectivity index (χ3n) is 5.30. The summed E-state index contributed by atoms with van der Waals surface area (Å²) in [6, 6.07) is 20.6. The van der Waals surface area contributed by atoms with Gasteiger partial charge in [0.1, 0.15) is 6.54 Å². The number of hydrogen-bond donors (Lipinski definition) is 1. The summed E-state index contributed by atoms with van der Waals surface area (Å²) in [5.74, 6) is -0.417. The molecule has 0 saturated heterocycles. The molecule has 0 fully saturated rings. The summed E-state index contributed by atoms with van der Waals surface area (Å²) < 4.78 is 29.9. The fraction of sp³-hybridized carbons (Fsp3) is 0.120. The maximum absolute atomic E-state index is 13.5. The maximum atomic E-state index is 13.5. The van der Waals surface area contributed by atoms with Crippen molar-refractivity contribution in [3.63, 3.8) is 0 Å². The number of carbonyl (C=O) groups excluding carboxylic acids is 1. The lowest BCUT2D eigenvalue weighted by Crippen LogP contribution is -2.41. The number of hydrogen-bond acceptors (Lipinski definition) is 4. The third kappa shape index (κ3) is 5.30. The van der Waals surface area contributed by atoms with Crippen LogP contribution in [0.15, 0.2) is 96.4 Å². The van der Waals surface area contributed by atoms with Gasteiger partial charge in [-0.3, -0.25) is 9.10 Å². The molecule has 1 amide bonds. The van der Waals surface area contributed by atoms with Crippen LogP contribution < -0.4 is 9.62 Å². The lowest BCUT2D eigenvalue weighted by atomic mass is 10.2. The number of carbonyl (C=O) groups is 1. The molecule has 0 aliphatic rings. The average molecular weight is 495 g/mol. The van der Waals surface area contributed by atoms with E-state index >= 15 is 0 Å². The van der Waals surface area contributed by atoms with Crippen molar-refractivity contribution in [2.75, 3.05) is 10.8 Å². The Hall–Kier alpha value is -3.62. The van der Waals surface area contributed by atoms with Crippen LogP contribution in [0.5, 0.6) is 0 Å². The van der Waals surface area contributed by atoms with Gasteiger partial charge in [-0.25, -0.2) is 13.4 Å². The van der Waals surface area contributed by atoms with E-state index in [9.17, 15) is 13.2 Å². The average Bonchev–Trinajstić information content (AvgIpc) is 3.37.